The second kappa shape index (κ2) is 5.36. The predicted molar refractivity (Wildman–Crippen MR) is 53.2 cm³/mol. The van der Waals surface area contributed by atoms with Crippen molar-refractivity contribution in [2.24, 2.45) is 5.92 Å². The van der Waals surface area contributed by atoms with E-state index in [4.69, 9.17) is 5.26 Å². The van der Waals surface area contributed by atoms with E-state index in [1.54, 1.807) is 0 Å². The molecule has 1 saturated heterocycles. The summed E-state index contributed by atoms with van der Waals surface area (Å²) in [4.78, 5) is 0. The highest BCUT2D eigenvalue weighted by Crippen LogP contribution is 2.20. The van der Waals surface area contributed by atoms with Gasteiger partial charge in [-0.1, -0.05) is 6.92 Å². The molecule has 74 valence electrons. The van der Waals surface area contributed by atoms with E-state index in [0.29, 0.717) is 18.1 Å². The van der Waals surface area contributed by atoms with E-state index in [1.165, 1.54) is 0 Å². The Balaban J connectivity index is 2.42. The normalized spacial score (nSPS) is 26.6. The van der Waals surface area contributed by atoms with Crippen LogP contribution in [0.25, 0.3) is 0 Å². The van der Waals surface area contributed by atoms with Crippen LogP contribution in [-0.4, -0.2) is 27.4 Å². The van der Waals surface area contributed by atoms with Crippen LogP contribution < -0.4 is 0 Å². The lowest BCUT2D eigenvalue weighted by Gasteiger charge is -2.29. The third kappa shape index (κ3) is 3.09. The first kappa shape index (κ1) is 10.7. The summed E-state index contributed by atoms with van der Waals surface area (Å²) in [5.74, 6) is 1.13. The summed E-state index contributed by atoms with van der Waals surface area (Å²) in [5.41, 5.74) is 0. The molecule has 1 aliphatic heterocycles. The van der Waals surface area contributed by atoms with Gasteiger partial charge in [-0.25, -0.2) is 8.51 Å². The maximum atomic E-state index is 11.5. The molecule has 0 amide bonds. The molecule has 1 fully saturated rings. The Morgan fingerprint density at radius 3 is 3.08 bits per heavy atom. The molecule has 0 radical (unpaired) electrons. The van der Waals surface area contributed by atoms with Crippen LogP contribution in [0.15, 0.2) is 0 Å². The highest BCUT2D eigenvalue weighted by Gasteiger charge is 2.22. The second-order valence-corrected chi connectivity index (χ2v) is 5.11. The molecule has 0 N–H and O–H groups in total. The lowest BCUT2D eigenvalue weighted by atomic mass is 9.97. The maximum absolute atomic E-state index is 11.5. The van der Waals surface area contributed by atoms with Crippen LogP contribution in [0.1, 0.15) is 26.2 Å². The highest BCUT2D eigenvalue weighted by molar-refractivity contribution is 7.82. The average molecular weight is 200 g/mol. The minimum absolute atomic E-state index is 0.439. The van der Waals surface area contributed by atoms with Gasteiger partial charge in [0, 0.05) is 25.3 Å². The number of nitriles is 1. The molecule has 2 unspecified atom stereocenters. The molecule has 0 bridgehead atoms. The van der Waals surface area contributed by atoms with Crippen molar-refractivity contribution in [3.05, 3.63) is 0 Å². The van der Waals surface area contributed by atoms with Crippen molar-refractivity contribution in [1.29, 1.82) is 5.26 Å². The van der Waals surface area contributed by atoms with Gasteiger partial charge in [-0.05, 0) is 18.8 Å². The molecular formula is C9H16N2OS. The number of hydrogen-bond acceptors (Lipinski definition) is 2. The smallest absolute Gasteiger partial charge is 0.0939 e. The van der Waals surface area contributed by atoms with E-state index in [1.807, 2.05) is 11.2 Å². The molecule has 0 aromatic heterocycles. The Bertz CT molecular complexity index is 224. The van der Waals surface area contributed by atoms with Gasteiger partial charge in [0.05, 0.1) is 17.1 Å². The van der Waals surface area contributed by atoms with Gasteiger partial charge in [0.15, 0.2) is 0 Å². The lowest BCUT2D eigenvalue weighted by molar-refractivity contribution is 0.280. The summed E-state index contributed by atoms with van der Waals surface area (Å²) in [6.45, 7) is 3.71. The van der Waals surface area contributed by atoms with Crippen molar-refractivity contribution in [3.63, 3.8) is 0 Å². The van der Waals surface area contributed by atoms with Crippen LogP contribution >= 0.6 is 0 Å². The fourth-order valence-electron chi connectivity index (χ4n) is 1.69. The van der Waals surface area contributed by atoms with Crippen LogP contribution in [0.5, 0.6) is 0 Å². The first-order valence-electron chi connectivity index (χ1n) is 4.78. The van der Waals surface area contributed by atoms with Crippen molar-refractivity contribution in [1.82, 2.24) is 4.31 Å². The summed E-state index contributed by atoms with van der Waals surface area (Å²) < 4.78 is 13.5. The van der Waals surface area contributed by atoms with Crippen LogP contribution in [0.3, 0.4) is 0 Å². The van der Waals surface area contributed by atoms with Crippen LogP contribution in [-0.2, 0) is 11.0 Å². The SMILES string of the molecule is CCS(=O)N1CCCC(CC#N)C1. The van der Waals surface area contributed by atoms with Crippen LogP contribution in [0, 0.1) is 17.2 Å². The number of nitrogens with zero attached hydrogens (tertiary/aromatic N) is 2. The summed E-state index contributed by atoms with van der Waals surface area (Å²) in [6, 6.07) is 2.19. The first-order valence-corrected chi connectivity index (χ1v) is 6.06. The molecule has 0 aromatic rings. The van der Waals surface area contributed by atoms with Gasteiger partial charge >= 0.3 is 0 Å². The number of piperidine rings is 1. The zero-order chi connectivity index (χ0) is 9.68. The van der Waals surface area contributed by atoms with E-state index in [-0.39, 0.29) is 0 Å². The van der Waals surface area contributed by atoms with E-state index < -0.39 is 11.0 Å². The Kier molecular flexibility index (Phi) is 4.40. The second-order valence-electron chi connectivity index (χ2n) is 3.37. The van der Waals surface area contributed by atoms with Gasteiger partial charge < -0.3 is 0 Å². The molecule has 1 aliphatic rings. The molecule has 1 rings (SSSR count). The Morgan fingerprint density at radius 2 is 2.46 bits per heavy atom. The maximum Gasteiger partial charge on any atom is 0.0939 e. The Hall–Kier alpha value is -0.400. The quantitative estimate of drug-likeness (QED) is 0.689. The van der Waals surface area contributed by atoms with Crippen LogP contribution in [0.4, 0.5) is 0 Å². The van der Waals surface area contributed by atoms with Crippen molar-refractivity contribution in [2.45, 2.75) is 26.2 Å². The van der Waals surface area contributed by atoms with Gasteiger partial charge in [0.2, 0.25) is 0 Å². The van der Waals surface area contributed by atoms with Crippen molar-refractivity contribution < 1.29 is 4.21 Å². The van der Waals surface area contributed by atoms with Gasteiger partial charge in [0.1, 0.15) is 0 Å². The lowest BCUT2D eigenvalue weighted by Crippen LogP contribution is -2.37. The third-order valence-corrected chi connectivity index (χ3v) is 3.80. The van der Waals surface area contributed by atoms with E-state index >= 15 is 0 Å². The average Bonchev–Trinajstić information content (AvgIpc) is 2.18. The number of hydrogen-bond donors (Lipinski definition) is 0. The van der Waals surface area contributed by atoms with Crippen molar-refractivity contribution >= 4 is 11.0 Å². The molecule has 0 aliphatic carbocycles. The van der Waals surface area contributed by atoms with E-state index in [2.05, 4.69) is 6.07 Å². The van der Waals surface area contributed by atoms with E-state index in [0.717, 1.165) is 25.9 Å². The molecule has 0 spiro atoms. The molecule has 0 saturated carbocycles. The Labute approximate surface area is 82.3 Å². The standard InChI is InChI=1S/C9H16N2OS/c1-2-13(12)11-7-3-4-9(8-11)5-6-10/h9H,2-5,7-8H2,1H3. The van der Waals surface area contributed by atoms with Crippen LogP contribution in [0.2, 0.25) is 0 Å². The molecule has 2 atom stereocenters. The molecule has 4 heteroatoms. The van der Waals surface area contributed by atoms with Crippen molar-refractivity contribution in [3.8, 4) is 6.07 Å². The minimum atomic E-state index is -0.814. The summed E-state index contributed by atoms with van der Waals surface area (Å²) >= 11 is 0. The molecular weight excluding hydrogens is 184 g/mol. The van der Waals surface area contributed by atoms with E-state index in [9.17, 15) is 4.21 Å². The summed E-state index contributed by atoms with van der Waals surface area (Å²) in [6.07, 6.45) is 2.81. The van der Waals surface area contributed by atoms with Crippen molar-refractivity contribution in [2.75, 3.05) is 18.8 Å². The predicted octanol–water partition coefficient (Wildman–Crippen LogP) is 1.30. The minimum Gasteiger partial charge on any atom is -0.243 e. The first-order chi connectivity index (χ1) is 6.27. The van der Waals surface area contributed by atoms with Gasteiger partial charge in [0.25, 0.3) is 0 Å². The summed E-state index contributed by atoms with van der Waals surface area (Å²) in [5, 5.41) is 8.56. The monoisotopic (exact) mass is 200 g/mol. The topological polar surface area (TPSA) is 44.1 Å². The molecule has 1 heterocycles. The van der Waals surface area contributed by atoms with Gasteiger partial charge in [-0.15, -0.1) is 0 Å². The zero-order valence-corrected chi connectivity index (χ0v) is 8.85. The summed E-state index contributed by atoms with van der Waals surface area (Å²) in [7, 11) is -0.814. The highest BCUT2D eigenvalue weighted by atomic mass is 32.2. The molecule has 3 nitrogen and oxygen atoms in total. The number of rotatable bonds is 3. The largest absolute Gasteiger partial charge is 0.243 e. The molecule has 13 heavy (non-hydrogen) atoms. The third-order valence-electron chi connectivity index (χ3n) is 2.40. The van der Waals surface area contributed by atoms with Gasteiger partial charge in [-0.2, -0.15) is 5.26 Å². The fourth-order valence-corrected chi connectivity index (χ4v) is 2.77. The molecule has 0 aromatic carbocycles. The van der Waals surface area contributed by atoms with Gasteiger partial charge in [-0.3, -0.25) is 0 Å². The zero-order valence-electron chi connectivity index (χ0n) is 8.03. The fraction of sp³-hybridized carbons (Fsp3) is 0.889. The Morgan fingerprint density at radius 1 is 1.69 bits per heavy atom.